The van der Waals surface area contributed by atoms with Crippen LogP contribution in [0.2, 0.25) is 0 Å². The molecule has 0 saturated heterocycles. The zero-order valence-electron chi connectivity index (χ0n) is 11.8. The Labute approximate surface area is 123 Å². The van der Waals surface area contributed by atoms with Crippen molar-refractivity contribution in [3.63, 3.8) is 0 Å². The van der Waals surface area contributed by atoms with Gasteiger partial charge in [0.15, 0.2) is 0 Å². The Morgan fingerprint density at radius 1 is 1.29 bits per heavy atom. The SMILES string of the molecule is CCCN(CC(=O)O)c1nccc(Oc2ccccc2)n1. The average Bonchev–Trinajstić information content (AvgIpc) is 2.48. The van der Waals surface area contributed by atoms with Gasteiger partial charge in [-0.3, -0.25) is 4.79 Å². The van der Waals surface area contributed by atoms with Crippen LogP contribution in [0.4, 0.5) is 5.95 Å². The van der Waals surface area contributed by atoms with E-state index < -0.39 is 5.97 Å². The Bertz CT molecular complexity index is 590. The Kier molecular flexibility index (Phi) is 5.09. The van der Waals surface area contributed by atoms with Gasteiger partial charge >= 0.3 is 5.97 Å². The highest BCUT2D eigenvalue weighted by molar-refractivity contribution is 5.72. The summed E-state index contributed by atoms with van der Waals surface area (Å²) in [6.45, 7) is 2.41. The van der Waals surface area contributed by atoms with E-state index in [1.165, 1.54) is 0 Å². The first-order valence-corrected chi connectivity index (χ1v) is 6.71. The second-order valence-electron chi connectivity index (χ2n) is 4.43. The Hall–Kier alpha value is -2.63. The summed E-state index contributed by atoms with van der Waals surface area (Å²) < 4.78 is 5.63. The lowest BCUT2D eigenvalue weighted by atomic mass is 10.3. The Morgan fingerprint density at radius 3 is 2.71 bits per heavy atom. The number of carboxylic acid groups (broad SMARTS) is 1. The fourth-order valence-corrected chi connectivity index (χ4v) is 1.83. The van der Waals surface area contributed by atoms with Crippen LogP contribution in [0.25, 0.3) is 0 Å². The third-order valence-corrected chi connectivity index (χ3v) is 2.69. The molecule has 1 aromatic heterocycles. The minimum atomic E-state index is -0.915. The van der Waals surface area contributed by atoms with Crippen molar-refractivity contribution in [1.82, 2.24) is 9.97 Å². The first kappa shape index (κ1) is 14.8. The average molecular weight is 287 g/mol. The third-order valence-electron chi connectivity index (χ3n) is 2.69. The zero-order valence-corrected chi connectivity index (χ0v) is 11.8. The lowest BCUT2D eigenvalue weighted by Crippen LogP contribution is -2.31. The molecule has 0 saturated carbocycles. The number of para-hydroxylation sites is 1. The number of benzene rings is 1. The number of aromatic nitrogens is 2. The largest absolute Gasteiger partial charge is 0.480 e. The molecule has 0 atom stereocenters. The number of ether oxygens (including phenoxy) is 1. The molecule has 0 unspecified atom stereocenters. The molecule has 110 valence electrons. The minimum absolute atomic E-state index is 0.136. The predicted octanol–water partition coefficient (Wildman–Crippen LogP) is 2.57. The van der Waals surface area contributed by atoms with E-state index in [1.807, 2.05) is 37.3 Å². The van der Waals surface area contributed by atoms with Gasteiger partial charge in [-0.15, -0.1) is 0 Å². The van der Waals surface area contributed by atoms with Gasteiger partial charge in [0.05, 0.1) is 0 Å². The molecule has 0 radical (unpaired) electrons. The van der Waals surface area contributed by atoms with Crippen LogP contribution in [-0.2, 0) is 4.79 Å². The van der Waals surface area contributed by atoms with Gasteiger partial charge in [0.1, 0.15) is 12.3 Å². The van der Waals surface area contributed by atoms with Crippen LogP contribution in [0.1, 0.15) is 13.3 Å². The van der Waals surface area contributed by atoms with Crippen LogP contribution in [0.5, 0.6) is 11.6 Å². The second-order valence-corrected chi connectivity index (χ2v) is 4.43. The molecule has 2 aromatic rings. The minimum Gasteiger partial charge on any atom is -0.480 e. The van der Waals surface area contributed by atoms with Crippen molar-refractivity contribution < 1.29 is 14.6 Å². The fraction of sp³-hybridized carbons (Fsp3) is 0.267. The molecule has 0 aliphatic carbocycles. The van der Waals surface area contributed by atoms with Crippen LogP contribution in [0.15, 0.2) is 42.6 Å². The standard InChI is InChI=1S/C15H17N3O3/c1-2-10-18(11-14(19)20)15-16-9-8-13(17-15)21-12-6-4-3-5-7-12/h3-9H,2,10-11H2,1H3,(H,19,20). The maximum Gasteiger partial charge on any atom is 0.323 e. The summed E-state index contributed by atoms with van der Waals surface area (Å²) in [5.74, 6) is 0.495. The van der Waals surface area contributed by atoms with Crippen molar-refractivity contribution in [2.45, 2.75) is 13.3 Å². The maximum atomic E-state index is 10.9. The second kappa shape index (κ2) is 7.23. The number of carboxylic acids is 1. The number of hydrogen-bond acceptors (Lipinski definition) is 5. The monoisotopic (exact) mass is 287 g/mol. The summed E-state index contributed by atoms with van der Waals surface area (Å²) in [6, 6.07) is 10.9. The van der Waals surface area contributed by atoms with Crippen molar-refractivity contribution in [3.8, 4) is 11.6 Å². The van der Waals surface area contributed by atoms with Gasteiger partial charge in [0, 0.05) is 18.8 Å². The van der Waals surface area contributed by atoms with Gasteiger partial charge in [-0.2, -0.15) is 4.98 Å². The molecule has 0 amide bonds. The van der Waals surface area contributed by atoms with Crippen LogP contribution in [0.3, 0.4) is 0 Å². The van der Waals surface area contributed by atoms with Gasteiger partial charge in [0.2, 0.25) is 11.8 Å². The predicted molar refractivity (Wildman–Crippen MR) is 78.7 cm³/mol. The lowest BCUT2D eigenvalue weighted by Gasteiger charge is -2.19. The van der Waals surface area contributed by atoms with E-state index in [1.54, 1.807) is 17.2 Å². The van der Waals surface area contributed by atoms with Gasteiger partial charge in [-0.25, -0.2) is 4.98 Å². The van der Waals surface area contributed by atoms with Crippen molar-refractivity contribution in [2.75, 3.05) is 18.0 Å². The highest BCUT2D eigenvalue weighted by atomic mass is 16.5. The Balaban J connectivity index is 2.17. The van der Waals surface area contributed by atoms with E-state index in [0.717, 1.165) is 6.42 Å². The number of carbonyl (C=O) groups is 1. The first-order chi connectivity index (χ1) is 10.2. The maximum absolute atomic E-state index is 10.9. The summed E-state index contributed by atoms with van der Waals surface area (Å²) in [5.41, 5.74) is 0. The fourth-order valence-electron chi connectivity index (χ4n) is 1.83. The molecule has 6 heteroatoms. The van der Waals surface area contributed by atoms with Crippen LogP contribution in [-0.4, -0.2) is 34.1 Å². The number of hydrogen-bond donors (Lipinski definition) is 1. The Morgan fingerprint density at radius 2 is 2.05 bits per heavy atom. The summed E-state index contributed by atoms with van der Waals surface area (Å²) in [5, 5.41) is 8.95. The lowest BCUT2D eigenvalue weighted by molar-refractivity contribution is -0.135. The smallest absolute Gasteiger partial charge is 0.323 e. The summed E-state index contributed by atoms with van der Waals surface area (Å²) in [7, 11) is 0. The third kappa shape index (κ3) is 4.45. The molecule has 1 heterocycles. The van der Waals surface area contributed by atoms with E-state index in [2.05, 4.69) is 9.97 Å². The number of aliphatic carboxylic acids is 1. The van der Waals surface area contributed by atoms with E-state index in [-0.39, 0.29) is 6.54 Å². The van der Waals surface area contributed by atoms with Crippen molar-refractivity contribution in [2.24, 2.45) is 0 Å². The molecule has 0 fully saturated rings. The van der Waals surface area contributed by atoms with Crippen LogP contribution < -0.4 is 9.64 Å². The highest BCUT2D eigenvalue weighted by Crippen LogP contribution is 2.20. The zero-order chi connectivity index (χ0) is 15.1. The highest BCUT2D eigenvalue weighted by Gasteiger charge is 2.13. The molecule has 2 rings (SSSR count). The van der Waals surface area contributed by atoms with E-state index in [4.69, 9.17) is 9.84 Å². The molecule has 0 aliphatic rings. The summed E-state index contributed by atoms with van der Waals surface area (Å²) in [4.78, 5) is 20.9. The van der Waals surface area contributed by atoms with Gasteiger partial charge < -0.3 is 14.7 Å². The van der Waals surface area contributed by atoms with Gasteiger partial charge in [-0.1, -0.05) is 25.1 Å². The van der Waals surface area contributed by atoms with Crippen molar-refractivity contribution in [3.05, 3.63) is 42.6 Å². The molecule has 6 nitrogen and oxygen atoms in total. The van der Waals surface area contributed by atoms with E-state index in [9.17, 15) is 4.79 Å². The number of anilines is 1. The van der Waals surface area contributed by atoms with Crippen LogP contribution >= 0.6 is 0 Å². The molecule has 1 aromatic carbocycles. The first-order valence-electron chi connectivity index (χ1n) is 6.71. The van der Waals surface area contributed by atoms with Crippen molar-refractivity contribution in [1.29, 1.82) is 0 Å². The van der Waals surface area contributed by atoms with E-state index in [0.29, 0.717) is 24.1 Å². The normalized spacial score (nSPS) is 10.1. The molecular weight excluding hydrogens is 270 g/mol. The van der Waals surface area contributed by atoms with Gasteiger partial charge in [0.25, 0.3) is 0 Å². The molecule has 1 N–H and O–H groups in total. The van der Waals surface area contributed by atoms with E-state index >= 15 is 0 Å². The summed E-state index contributed by atoms with van der Waals surface area (Å²) in [6.07, 6.45) is 2.37. The van der Waals surface area contributed by atoms with Gasteiger partial charge in [-0.05, 0) is 18.6 Å². The summed E-state index contributed by atoms with van der Waals surface area (Å²) >= 11 is 0. The molecule has 0 aliphatic heterocycles. The molecular formula is C15H17N3O3. The number of nitrogens with zero attached hydrogens (tertiary/aromatic N) is 3. The molecule has 0 bridgehead atoms. The quantitative estimate of drug-likeness (QED) is 0.843. The topological polar surface area (TPSA) is 75.6 Å². The molecule has 21 heavy (non-hydrogen) atoms. The molecule has 0 spiro atoms. The van der Waals surface area contributed by atoms with Crippen LogP contribution in [0, 0.1) is 0 Å². The van der Waals surface area contributed by atoms with Crippen molar-refractivity contribution >= 4 is 11.9 Å². The number of rotatable bonds is 7.